The highest BCUT2D eigenvalue weighted by atomic mass is 16.5. The van der Waals surface area contributed by atoms with Gasteiger partial charge in [-0.25, -0.2) is 4.98 Å². The highest BCUT2D eigenvalue weighted by molar-refractivity contribution is 5.47. The molecule has 3 rings (SSSR count). The summed E-state index contributed by atoms with van der Waals surface area (Å²) in [7, 11) is 0. The van der Waals surface area contributed by atoms with Crippen LogP contribution >= 0.6 is 0 Å². The van der Waals surface area contributed by atoms with Crippen LogP contribution in [0.15, 0.2) is 48.7 Å². The summed E-state index contributed by atoms with van der Waals surface area (Å²) in [6, 6.07) is 14.4. The van der Waals surface area contributed by atoms with Crippen LogP contribution in [-0.4, -0.2) is 11.7 Å². The minimum absolute atomic E-state index is 0.610. The molecule has 0 saturated carbocycles. The first kappa shape index (κ1) is 10.3. The minimum Gasteiger partial charge on any atom is -0.356 e. The lowest BCUT2D eigenvalue weighted by atomic mass is 10.2. The van der Waals surface area contributed by atoms with Crippen molar-refractivity contribution in [2.24, 2.45) is 0 Å². The van der Waals surface area contributed by atoms with Crippen LogP contribution in [0.2, 0.25) is 0 Å². The van der Waals surface area contributed by atoms with Crippen LogP contribution in [0.4, 0.5) is 5.82 Å². The van der Waals surface area contributed by atoms with Gasteiger partial charge in [-0.3, -0.25) is 0 Å². The van der Waals surface area contributed by atoms with Crippen LogP contribution in [0.25, 0.3) is 0 Å². The number of hydrogen-bond acceptors (Lipinski definition) is 3. The molecule has 0 unspecified atom stereocenters. The van der Waals surface area contributed by atoms with E-state index in [9.17, 15) is 0 Å². The van der Waals surface area contributed by atoms with Gasteiger partial charge < -0.3 is 9.64 Å². The van der Waals surface area contributed by atoms with Crippen molar-refractivity contribution in [2.75, 3.05) is 11.6 Å². The van der Waals surface area contributed by atoms with E-state index in [1.54, 1.807) is 0 Å². The Bertz CT molecular complexity index is 499. The Balaban J connectivity index is 1.86. The van der Waals surface area contributed by atoms with Crippen molar-refractivity contribution < 1.29 is 4.74 Å². The Labute approximate surface area is 101 Å². The van der Waals surface area contributed by atoms with Crippen molar-refractivity contribution >= 4 is 5.82 Å². The number of aromatic nitrogens is 1. The van der Waals surface area contributed by atoms with E-state index in [1.807, 2.05) is 18.3 Å². The van der Waals surface area contributed by atoms with Crippen LogP contribution in [-0.2, 0) is 17.9 Å². The van der Waals surface area contributed by atoms with Gasteiger partial charge in [-0.05, 0) is 11.6 Å². The molecule has 0 bridgehead atoms. The Kier molecular flexibility index (Phi) is 2.76. The molecule has 3 heteroatoms. The minimum atomic E-state index is 0.610. The maximum Gasteiger partial charge on any atom is 0.136 e. The maximum absolute atomic E-state index is 5.57. The average Bonchev–Trinajstić information content (AvgIpc) is 2.40. The Morgan fingerprint density at radius 2 is 2.00 bits per heavy atom. The molecule has 3 nitrogen and oxygen atoms in total. The van der Waals surface area contributed by atoms with E-state index in [4.69, 9.17) is 4.74 Å². The predicted molar refractivity (Wildman–Crippen MR) is 66.5 cm³/mol. The second-order valence-corrected chi connectivity index (χ2v) is 4.15. The summed E-state index contributed by atoms with van der Waals surface area (Å²) in [5.41, 5.74) is 2.43. The van der Waals surface area contributed by atoms with E-state index >= 15 is 0 Å². The van der Waals surface area contributed by atoms with E-state index in [2.05, 4.69) is 40.2 Å². The van der Waals surface area contributed by atoms with Crippen LogP contribution < -0.4 is 4.90 Å². The van der Waals surface area contributed by atoms with Crippen LogP contribution in [0.1, 0.15) is 11.1 Å². The number of benzene rings is 1. The van der Waals surface area contributed by atoms with E-state index in [1.165, 1.54) is 5.56 Å². The molecule has 0 fully saturated rings. The summed E-state index contributed by atoms with van der Waals surface area (Å²) < 4.78 is 5.57. The number of anilines is 1. The van der Waals surface area contributed by atoms with Gasteiger partial charge in [0.2, 0.25) is 0 Å². The molecule has 0 spiro atoms. The Morgan fingerprint density at radius 1 is 1.12 bits per heavy atom. The smallest absolute Gasteiger partial charge is 0.136 e. The summed E-state index contributed by atoms with van der Waals surface area (Å²) in [5, 5.41) is 0. The second-order valence-electron chi connectivity index (χ2n) is 4.15. The van der Waals surface area contributed by atoms with Crippen molar-refractivity contribution in [3.05, 3.63) is 59.8 Å². The fraction of sp³-hybridized carbons (Fsp3) is 0.214. The lowest BCUT2D eigenvalue weighted by molar-refractivity contribution is 0.108. The summed E-state index contributed by atoms with van der Waals surface area (Å²) in [6.45, 7) is 2.11. The molecule has 17 heavy (non-hydrogen) atoms. The quantitative estimate of drug-likeness (QED) is 0.787. The van der Waals surface area contributed by atoms with Crippen molar-refractivity contribution in [2.45, 2.75) is 13.2 Å². The summed E-state index contributed by atoms with van der Waals surface area (Å²) >= 11 is 0. The van der Waals surface area contributed by atoms with Crippen molar-refractivity contribution in [1.82, 2.24) is 4.98 Å². The van der Waals surface area contributed by atoms with Gasteiger partial charge in [0.1, 0.15) is 12.5 Å². The monoisotopic (exact) mass is 226 g/mol. The van der Waals surface area contributed by atoms with Gasteiger partial charge in [0.25, 0.3) is 0 Å². The largest absolute Gasteiger partial charge is 0.356 e. The molecule has 0 atom stereocenters. The first-order chi connectivity index (χ1) is 8.43. The van der Waals surface area contributed by atoms with Gasteiger partial charge >= 0.3 is 0 Å². The molecule has 1 aliphatic rings. The van der Waals surface area contributed by atoms with Crippen molar-refractivity contribution in [3.8, 4) is 0 Å². The number of pyridine rings is 1. The third-order valence-corrected chi connectivity index (χ3v) is 2.89. The molecule has 2 aromatic rings. The summed E-state index contributed by atoms with van der Waals surface area (Å²) in [5.74, 6) is 1.04. The lowest BCUT2D eigenvalue weighted by Gasteiger charge is -2.29. The average molecular weight is 226 g/mol. The molecule has 0 radical (unpaired) electrons. The van der Waals surface area contributed by atoms with Crippen LogP contribution in [0, 0.1) is 0 Å². The SMILES string of the molecule is c1ccc(CN2COCc3cccnc32)cc1. The van der Waals surface area contributed by atoms with Gasteiger partial charge in [-0.2, -0.15) is 0 Å². The highest BCUT2D eigenvalue weighted by Gasteiger charge is 2.17. The van der Waals surface area contributed by atoms with Crippen molar-refractivity contribution in [1.29, 1.82) is 0 Å². The van der Waals surface area contributed by atoms with E-state index in [-0.39, 0.29) is 0 Å². The molecule has 1 aliphatic heterocycles. The number of ether oxygens (including phenoxy) is 1. The van der Waals surface area contributed by atoms with E-state index < -0.39 is 0 Å². The van der Waals surface area contributed by atoms with Gasteiger partial charge in [0.05, 0.1) is 6.61 Å². The lowest BCUT2D eigenvalue weighted by Crippen LogP contribution is -2.31. The normalized spacial score (nSPS) is 14.5. The standard InChI is InChI=1S/C14H14N2O/c1-2-5-12(6-3-1)9-16-11-17-10-13-7-4-8-15-14(13)16/h1-8H,9-11H2. The predicted octanol–water partition coefficient (Wildman–Crippen LogP) is 2.58. The molecule has 86 valence electrons. The number of rotatable bonds is 2. The van der Waals surface area contributed by atoms with Crippen molar-refractivity contribution in [3.63, 3.8) is 0 Å². The van der Waals surface area contributed by atoms with Crippen LogP contribution in [0.3, 0.4) is 0 Å². The van der Waals surface area contributed by atoms with E-state index in [0.717, 1.165) is 17.9 Å². The fourth-order valence-corrected chi connectivity index (χ4v) is 2.08. The number of nitrogens with zero attached hydrogens (tertiary/aromatic N) is 2. The zero-order chi connectivity index (χ0) is 11.5. The highest BCUT2D eigenvalue weighted by Crippen LogP contribution is 2.24. The van der Waals surface area contributed by atoms with Gasteiger partial charge in [0.15, 0.2) is 0 Å². The topological polar surface area (TPSA) is 25.4 Å². The molecule has 0 aliphatic carbocycles. The molecule has 2 heterocycles. The molecule has 0 N–H and O–H groups in total. The Hall–Kier alpha value is -1.87. The molecular weight excluding hydrogens is 212 g/mol. The fourth-order valence-electron chi connectivity index (χ4n) is 2.08. The Morgan fingerprint density at radius 3 is 2.88 bits per heavy atom. The third kappa shape index (κ3) is 2.15. The zero-order valence-electron chi connectivity index (χ0n) is 9.54. The summed E-state index contributed by atoms with van der Waals surface area (Å²) in [6.07, 6.45) is 1.84. The second kappa shape index (κ2) is 4.55. The molecule has 0 saturated heterocycles. The van der Waals surface area contributed by atoms with Gasteiger partial charge in [-0.1, -0.05) is 36.4 Å². The van der Waals surface area contributed by atoms with Crippen LogP contribution in [0.5, 0.6) is 0 Å². The third-order valence-electron chi connectivity index (χ3n) is 2.89. The van der Waals surface area contributed by atoms with E-state index in [0.29, 0.717) is 13.3 Å². The molecular formula is C14H14N2O. The first-order valence-electron chi connectivity index (χ1n) is 5.74. The molecule has 1 aromatic heterocycles. The zero-order valence-corrected chi connectivity index (χ0v) is 9.54. The molecule has 0 amide bonds. The molecule has 1 aromatic carbocycles. The maximum atomic E-state index is 5.57. The van der Waals surface area contributed by atoms with Gasteiger partial charge in [0, 0.05) is 18.3 Å². The first-order valence-corrected chi connectivity index (χ1v) is 5.74. The summed E-state index contributed by atoms with van der Waals surface area (Å²) in [4.78, 5) is 6.60. The number of fused-ring (bicyclic) bond motifs is 1. The number of hydrogen-bond donors (Lipinski definition) is 0. The van der Waals surface area contributed by atoms with Gasteiger partial charge in [-0.15, -0.1) is 0 Å².